The fraction of sp³-hybridized carbons (Fsp3) is 0.500. The van der Waals surface area contributed by atoms with E-state index < -0.39 is 23.1 Å². The second-order valence-corrected chi connectivity index (χ2v) is 5.27. The summed E-state index contributed by atoms with van der Waals surface area (Å²) in [4.78, 5) is 13.8. The predicted octanol–water partition coefficient (Wildman–Crippen LogP) is 1.79. The molecule has 2 aliphatic heterocycles. The molecule has 2 fully saturated rings. The zero-order valence-electron chi connectivity index (χ0n) is 10.5. The van der Waals surface area contributed by atoms with Crippen molar-refractivity contribution in [1.82, 2.24) is 10.2 Å². The van der Waals surface area contributed by atoms with Gasteiger partial charge in [0.1, 0.15) is 17.2 Å². The maximum Gasteiger partial charge on any atom is 0.259 e. The number of likely N-dealkylation sites (tertiary alicyclic amines) is 1. The van der Waals surface area contributed by atoms with Gasteiger partial charge in [0.2, 0.25) is 0 Å². The molecule has 3 rings (SSSR count). The van der Waals surface area contributed by atoms with E-state index in [0.29, 0.717) is 19.0 Å². The summed E-state index contributed by atoms with van der Waals surface area (Å²) in [5.74, 6) is -1.69. The van der Waals surface area contributed by atoms with Gasteiger partial charge in [0.25, 0.3) is 5.91 Å². The molecule has 0 aliphatic carbocycles. The summed E-state index contributed by atoms with van der Waals surface area (Å²) < 4.78 is 27.2. The number of nitrogens with zero attached hydrogens (tertiary/aromatic N) is 1. The van der Waals surface area contributed by atoms with E-state index in [9.17, 15) is 13.6 Å². The van der Waals surface area contributed by atoms with Crippen LogP contribution in [0.5, 0.6) is 0 Å². The fourth-order valence-electron chi connectivity index (χ4n) is 3.07. The quantitative estimate of drug-likeness (QED) is 0.840. The molecule has 0 saturated carbocycles. The van der Waals surface area contributed by atoms with Crippen LogP contribution in [0, 0.1) is 17.6 Å². The molecule has 2 heterocycles. The van der Waals surface area contributed by atoms with Gasteiger partial charge in [-0.05, 0) is 37.4 Å². The van der Waals surface area contributed by atoms with Gasteiger partial charge in [-0.25, -0.2) is 8.78 Å². The number of amides is 1. The van der Waals surface area contributed by atoms with Crippen LogP contribution in [0.2, 0.25) is 0 Å². The van der Waals surface area contributed by atoms with Crippen LogP contribution in [-0.2, 0) is 0 Å². The minimum atomic E-state index is -0.784. The van der Waals surface area contributed by atoms with Crippen molar-refractivity contribution in [2.24, 2.45) is 5.92 Å². The molecule has 5 heteroatoms. The van der Waals surface area contributed by atoms with Crippen molar-refractivity contribution in [2.75, 3.05) is 19.6 Å². The van der Waals surface area contributed by atoms with Crippen LogP contribution in [0.4, 0.5) is 8.78 Å². The van der Waals surface area contributed by atoms with Crippen molar-refractivity contribution >= 4 is 5.91 Å². The molecule has 0 radical (unpaired) electrons. The zero-order valence-corrected chi connectivity index (χ0v) is 10.5. The highest BCUT2D eigenvalue weighted by Gasteiger charge is 2.37. The summed E-state index contributed by atoms with van der Waals surface area (Å²) in [6, 6.07) is 3.79. The topological polar surface area (TPSA) is 32.3 Å². The summed E-state index contributed by atoms with van der Waals surface area (Å²) in [6.07, 6.45) is 2.17. The third-order valence-electron chi connectivity index (χ3n) is 4.06. The molecule has 1 N–H and O–H groups in total. The number of fused-ring (bicyclic) bond motifs is 1. The largest absolute Gasteiger partial charge is 0.337 e. The highest BCUT2D eigenvalue weighted by Crippen LogP contribution is 2.27. The highest BCUT2D eigenvalue weighted by atomic mass is 19.1. The van der Waals surface area contributed by atoms with E-state index in [0.717, 1.165) is 31.5 Å². The van der Waals surface area contributed by atoms with Gasteiger partial charge in [-0.3, -0.25) is 4.79 Å². The van der Waals surface area contributed by atoms with Crippen molar-refractivity contribution in [3.05, 3.63) is 35.4 Å². The van der Waals surface area contributed by atoms with Crippen LogP contribution in [0.1, 0.15) is 23.2 Å². The summed E-state index contributed by atoms with van der Waals surface area (Å²) in [5, 5.41) is 3.37. The lowest BCUT2D eigenvalue weighted by molar-refractivity contribution is 0.0776. The first-order valence-corrected chi connectivity index (χ1v) is 6.63. The zero-order chi connectivity index (χ0) is 13.4. The van der Waals surface area contributed by atoms with Crippen molar-refractivity contribution in [2.45, 2.75) is 18.9 Å². The second kappa shape index (κ2) is 4.89. The van der Waals surface area contributed by atoms with Crippen molar-refractivity contribution in [1.29, 1.82) is 0 Å². The first-order chi connectivity index (χ1) is 9.16. The maximum absolute atomic E-state index is 13.6. The molecular weight excluding hydrogens is 250 g/mol. The van der Waals surface area contributed by atoms with Crippen LogP contribution in [0.25, 0.3) is 0 Å². The molecule has 0 aromatic heterocycles. The molecular formula is C14H16F2N2O. The number of carbonyl (C=O) groups is 1. The number of rotatable bonds is 1. The number of hydrogen-bond acceptors (Lipinski definition) is 2. The number of piperidine rings is 1. The van der Waals surface area contributed by atoms with Gasteiger partial charge in [-0.2, -0.15) is 0 Å². The Hall–Kier alpha value is -1.49. The smallest absolute Gasteiger partial charge is 0.259 e. The van der Waals surface area contributed by atoms with Crippen LogP contribution < -0.4 is 5.32 Å². The fourth-order valence-corrected chi connectivity index (χ4v) is 3.07. The summed E-state index contributed by atoms with van der Waals surface area (Å²) in [6.45, 7) is 2.08. The number of benzene rings is 1. The van der Waals surface area contributed by atoms with Gasteiger partial charge in [0.05, 0.1) is 0 Å². The van der Waals surface area contributed by atoms with Crippen molar-refractivity contribution in [3.8, 4) is 0 Å². The lowest BCUT2D eigenvalue weighted by atomic mass is 9.94. The third kappa shape index (κ3) is 2.23. The maximum atomic E-state index is 13.6. The Labute approximate surface area is 110 Å². The number of hydrogen-bond donors (Lipinski definition) is 1. The Kier molecular flexibility index (Phi) is 3.22. The van der Waals surface area contributed by atoms with Crippen LogP contribution in [-0.4, -0.2) is 36.5 Å². The van der Waals surface area contributed by atoms with E-state index in [-0.39, 0.29) is 6.04 Å². The molecule has 2 unspecified atom stereocenters. The molecule has 1 aromatic rings. The van der Waals surface area contributed by atoms with Gasteiger partial charge in [-0.1, -0.05) is 6.07 Å². The van der Waals surface area contributed by atoms with Crippen molar-refractivity contribution in [3.63, 3.8) is 0 Å². The Bertz CT molecular complexity index is 472. The first-order valence-electron chi connectivity index (χ1n) is 6.63. The minimum absolute atomic E-state index is 0.271. The van der Waals surface area contributed by atoms with Crippen LogP contribution in [0.3, 0.4) is 0 Å². The van der Waals surface area contributed by atoms with Gasteiger partial charge >= 0.3 is 0 Å². The molecule has 2 atom stereocenters. The molecule has 1 amide bonds. The number of carbonyl (C=O) groups excluding carboxylic acids is 1. The molecule has 1 aromatic carbocycles. The lowest BCUT2D eigenvalue weighted by Gasteiger charge is -2.24. The highest BCUT2D eigenvalue weighted by molar-refractivity contribution is 5.95. The van der Waals surface area contributed by atoms with Crippen LogP contribution >= 0.6 is 0 Å². The van der Waals surface area contributed by atoms with Gasteiger partial charge in [0.15, 0.2) is 0 Å². The Morgan fingerprint density at radius 3 is 2.68 bits per heavy atom. The molecule has 102 valence electrons. The van der Waals surface area contributed by atoms with E-state index in [1.807, 2.05) is 0 Å². The SMILES string of the molecule is O=C(c1c(F)cccc1F)N1CC2CCCNC2C1. The average Bonchev–Trinajstić information content (AvgIpc) is 2.82. The van der Waals surface area contributed by atoms with E-state index in [1.54, 1.807) is 4.90 Å². The molecule has 0 bridgehead atoms. The third-order valence-corrected chi connectivity index (χ3v) is 4.06. The normalized spacial score (nSPS) is 26.3. The first kappa shape index (κ1) is 12.5. The molecule has 2 saturated heterocycles. The minimum Gasteiger partial charge on any atom is -0.337 e. The second-order valence-electron chi connectivity index (χ2n) is 5.27. The Morgan fingerprint density at radius 2 is 2.00 bits per heavy atom. The van der Waals surface area contributed by atoms with Gasteiger partial charge < -0.3 is 10.2 Å². The standard InChI is InChI=1S/C14H16F2N2O/c15-10-4-1-5-11(16)13(10)14(19)18-7-9-3-2-6-17-12(9)8-18/h1,4-5,9,12,17H,2-3,6-8H2. The average molecular weight is 266 g/mol. The molecule has 19 heavy (non-hydrogen) atoms. The summed E-state index contributed by atoms with van der Waals surface area (Å²) in [5.41, 5.74) is -0.429. The molecule has 0 spiro atoms. The van der Waals surface area contributed by atoms with E-state index in [4.69, 9.17) is 0 Å². The van der Waals surface area contributed by atoms with E-state index in [1.165, 1.54) is 6.07 Å². The Balaban J connectivity index is 1.81. The lowest BCUT2D eigenvalue weighted by Crippen LogP contribution is -2.41. The summed E-state index contributed by atoms with van der Waals surface area (Å²) >= 11 is 0. The van der Waals surface area contributed by atoms with E-state index in [2.05, 4.69) is 5.32 Å². The number of halogens is 2. The van der Waals surface area contributed by atoms with Crippen LogP contribution in [0.15, 0.2) is 18.2 Å². The molecule has 3 nitrogen and oxygen atoms in total. The number of nitrogens with one attached hydrogen (secondary N) is 1. The Morgan fingerprint density at radius 1 is 1.26 bits per heavy atom. The molecule has 2 aliphatic rings. The van der Waals surface area contributed by atoms with Gasteiger partial charge in [-0.15, -0.1) is 0 Å². The van der Waals surface area contributed by atoms with Crippen molar-refractivity contribution < 1.29 is 13.6 Å². The monoisotopic (exact) mass is 266 g/mol. The van der Waals surface area contributed by atoms with E-state index >= 15 is 0 Å². The predicted molar refractivity (Wildman–Crippen MR) is 66.8 cm³/mol. The summed E-state index contributed by atoms with van der Waals surface area (Å²) in [7, 11) is 0. The van der Waals surface area contributed by atoms with Gasteiger partial charge in [0, 0.05) is 19.1 Å².